The topological polar surface area (TPSA) is 51.8 Å². The summed E-state index contributed by atoms with van der Waals surface area (Å²) in [6.07, 6.45) is 9.56. The van der Waals surface area contributed by atoms with Gasteiger partial charge in [0, 0.05) is 11.8 Å². The number of nitrogen functional groups attached to an aromatic ring is 1. The van der Waals surface area contributed by atoms with E-state index in [1.54, 1.807) is 0 Å². The smallest absolute Gasteiger partial charge is 0.220 e. The predicted octanol–water partition coefficient (Wildman–Crippen LogP) is 3.03. The molecule has 3 heteroatoms. The van der Waals surface area contributed by atoms with Gasteiger partial charge in [0.1, 0.15) is 0 Å². The first-order chi connectivity index (χ1) is 8.83. The highest BCUT2D eigenvalue weighted by atomic mass is 15.0. The molecule has 0 saturated heterocycles. The number of nitrogens with zero attached hydrogens (tertiary/aromatic N) is 2. The summed E-state index contributed by atoms with van der Waals surface area (Å²) in [5.41, 5.74) is 9.13. The van der Waals surface area contributed by atoms with E-state index in [0.717, 1.165) is 35.9 Å². The van der Waals surface area contributed by atoms with Crippen LogP contribution in [0.3, 0.4) is 0 Å². The molecule has 1 aromatic heterocycles. The second-order valence-corrected chi connectivity index (χ2v) is 4.51. The van der Waals surface area contributed by atoms with Gasteiger partial charge in [-0.05, 0) is 18.9 Å². The van der Waals surface area contributed by atoms with Crippen LogP contribution in [0.25, 0.3) is 10.9 Å². The van der Waals surface area contributed by atoms with E-state index in [4.69, 9.17) is 5.73 Å². The number of hydrogen-bond donors (Lipinski definition) is 1. The van der Waals surface area contributed by atoms with Gasteiger partial charge in [-0.15, -0.1) is 0 Å². The van der Waals surface area contributed by atoms with Crippen molar-refractivity contribution in [3.63, 3.8) is 0 Å². The van der Waals surface area contributed by atoms with E-state index < -0.39 is 0 Å². The largest absolute Gasteiger partial charge is 0.368 e. The van der Waals surface area contributed by atoms with Crippen molar-refractivity contribution in [1.82, 2.24) is 9.97 Å². The quantitative estimate of drug-likeness (QED) is 0.873. The van der Waals surface area contributed by atoms with Crippen LogP contribution in [-0.2, 0) is 6.42 Å². The number of allylic oxidation sites excluding steroid dienone is 4. The molecule has 2 N–H and O–H groups in total. The maximum Gasteiger partial charge on any atom is 0.220 e. The zero-order valence-electron chi connectivity index (χ0n) is 10.1. The van der Waals surface area contributed by atoms with E-state index >= 15 is 0 Å². The van der Waals surface area contributed by atoms with Crippen molar-refractivity contribution in [2.24, 2.45) is 0 Å². The second-order valence-electron chi connectivity index (χ2n) is 4.51. The van der Waals surface area contributed by atoms with Gasteiger partial charge in [-0.3, -0.25) is 0 Å². The third kappa shape index (κ3) is 2.12. The van der Waals surface area contributed by atoms with Crippen LogP contribution in [0.1, 0.15) is 18.5 Å². The fourth-order valence-electron chi connectivity index (χ4n) is 2.31. The highest BCUT2D eigenvalue weighted by Crippen LogP contribution is 2.22. The lowest BCUT2D eigenvalue weighted by atomic mass is 9.98. The van der Waals surface area contributed by atoms with Crippen LogP contribution >= 0.6 is 0 Å². The van der Waals surface area contributed by atoms with Gasteiger partial charge in [0.25, 0.3) is 0 Å². The molecule has 1 heterocycles. The van der Waals surface area contributed by atoms with Crippen molar-refractivity contribution in [2.45, 2.75) is 19.3 Å². The molecule has 0 unspecified atom stereocenters. The Hall–Kier alpha value is -2.16. The molecule has 3 nitrogen and oxygen atoms in total. The van der Waals surface area contributed by atoms with Crippen LogP contribution < -0.4 is 5.73 Å². The Bertz CT molecular complexity index is 641. The van der Waals surface area contributed by atoms with E-state index in [9.17, 15) is 0 Å². The number of nitrogens with two attached hydrogens (primary N) is 1. The summed E-state index contributed by atoms with van der Waals surface area (Å²) >= 11 is 0. The zero-order valence-corrected chi connectivity index (χ0v) is 10.1. The van der Waals surface area contributed by atoms with Crippen LogP contribution in [0.15, 0.2) is 48.1 Å². The number of anilines is 1. The van der Waals surface area contributed by atoms with Crippen molar-refractivity contribution in [3.05, 3.63) is 53.8 Å². The molecule has 0 saturated carbocycles. The monoisotopic (exact) mass is 237 g/mol. The van der Waals surface area contributed by atoms with Crippen molar-refractivity contribution < 1.29 is 0 Å². The van der Waals surface area contributed by atoms with Crippen LogP contribution in [0, 0.1) is 0 Å². The third-order valence-corrected chi connectivity index (χ3v) is 3.19. The Morgan fingerprint density at radius 1 is 1.17 bits per heavy atom. The lowest BCUT2D eigenvalue weighted by molar-refractivity contribution is 0.897. The lowest BCUT2D eigenvalue weighted by Crippen LogP contribution is -2.03. The molecule has 1 aromatic carbocycles. The van der Waals surface area contributed by atoms with Crippen molar-refractivity contribution in [3.8, 4) is 0 Å². The van der Waals surface area contributed by atoms with E-state index in [1.807, 2.05) is 18.2 Å². The van der Waals surface area contributed by atoms with Crippen molar-refractivity contribution >= 4 is 16.9 Å². The molecule has 0 bridgehead atoms. The molecule has 0 fully saturated rings. The number of benzene rings is 1. The number of fused-ring (bicyclic) bond motifs is 1. The molecule has 0 radical (unpaired) electrons. The molecular weight excluding hydrogens is 222 g/mol. The van der Waals surface area contributed by atoms with Crippen LogP contribution in [-0.4, -0.2) is 9.97 Å². The Morgan fingerprint density at radius 2 is 2.06 bits per heavy atom. The van der Waals surface area contributed by atoms with E-state index in [2.05, 4.69) is 34.3 Å². The van der Waals surface area contributed by atoms with Gasteiger partial charge in [-0.1, -0.05) is 42.0 Å². The highest BCUT2D eigenvalue weighted by Gasteiger charge is 2.08. The molecule has 0 spiro atoms. The molecular formula is C15H15N3. The first-order valence-electron chi connectivity index (χ1n) is 6.18. The van der Waals surface area contributed by atoms with Gasteiger partial charge in [0.2, 0.25) is 5.95 Å². The first-order valence-corrected chi connectivity index (χ1v) is 6.18. The maximum atomic E-state index is 5.77. The lowest BCUT2D eigenvalue weighted by Gasteiger charge is -2.10. The minimum atomic E-state index is 0.357. The molecule has 90 valence electrons. The zero-order chi connectivity index (χ0) is 12.4. The minimum absolute atomic E-state index is 0.357. The highest BCUT2D eigenvalue weighted by molar-refractivity contribution is 5.82. The summed E-state index contributed by atoms with van der Waals surface area (Å²) in [6, 6.07) is 8.02. The fraction of sp³-hybridized carbons (Fsp3) is 0.200. The van der Waals surface area contributed by atoms with E-state index in [-0.39, 0.29) is 0 Å². The van der Waals surface area contributed by atoms with Crippen LogP contribution in [0.5, 0.6) is 0 Å². The Morgan fingerprint density at radius 3 is 2.89 bits per heavy atom. The molecule has 0 atom stereocenters. The summed E-state index contributed by atoms with van der Waals surface area (Å²) < 4.78 is 0. The average Bonchev–Trinajstić information content (AvgIpc) is 2.40. The Labute approximate surface area is 106 Å². The fourth-order valence-corrected chi connectivity index (χ4v) is 2.31. The second kappa shape index (κ2) is 4.61. The Balaban J connectivity index is 2.05. The van der Waals surface area contributed by atoms with Gasteiger partial charge in [0.05, 0.1) is 11.2 Å². The summed E-state index contributed by atoms with van der Waals surface area (Å²) in [5, 5.41) is 1.10. The summed E-state index contributed by atoms with van der Waals surface area (Å²) in [6.45, 7) is 0. The normalized spacial score (nSPS) is 14.8. The first kappa shape index (κ1) is 11.0. The molecule has 18 heavy (non-hydrogen) atoms. The SMILES string of the molecule is Nc1nc(CC2=CC=CCC2)c2ccccc2n1. The number of aromatic nitrogens is 2. The average molecular weight is 237 g/mol. The summed E-state index contributed by atoms with van der Waals surface area (Å²) in [4.78, 5) is 8.66. The van der Waals surface area contributed by atoms with Gasteiger partial charge in [0.15, 0.2) is 0 Å². The van der Waals surface area contributed by atoms with Crippen LogP contribution in [0.4, 0.5) is 5.95 Å². The van der Waals surface area contributed by atoms with Gasteiger partial charge in [-0.25, -0.2) is 9.97 Å². The summed E-state index contributed by atoms with van der Waals surface area (Å²) in [7, 11) is 0. The molecule has 1 aliphatic carbocycles. The Kier molecular flexibility index (Phi) is 2.81. The van der Waals surface area contributed by atoms with E-state index in [0.29, 0.717) is 5.95 Å². The van der Waals surface area contributed by atoms with Crippen molar-refractivity contribution in [2.75, 3.05) is 5.73 Å². The molecule has 1 aliphatic rings. The van der Waals surface area contributed by atoms with Gasteiger partial charge >= 0.3 is 0 Å². The number of rotatable bonds is 2. The minimum Gasteiger partial charge on any atom is -0.368 e. The third-order valence-electron chi connectivity index (χ3n) is 3.19. The molecule has 2 aromatic rings. The maximum absolute atomic E-state index is 5.77. The summed E-state index contributed by atoms with van der Waals surface area (Å²) in [5.74, 6) is 0.357. The van der Waals surface area contributed by atoms with Crippen LogP contribution in [0.2, 0.25) is 0 Å². The van der Waals surface area contributed by atoms with Crippen molar-refractivity contribution in [1.29, 1.82) is 0 Å². The molecule has 3 rings (SSSR count). The number of hydrogen-bond acceptors (Lipinski definition) is 3. The predicted molar refractivity (Wildman–Crippen MR) is 74.1 cm³/mol. The standard InChI is InChI=1S/C15H15N3/c16-15-17-13-9-5-4-8-12(13)14(18-15)10-11-6-2-1-3-7-11/h1-2,4-6,8-9H,3,7,10H2,(H2,16,17,18). The van der Waals surface area contributed by atoms with Gasteiger partial charge < -0.3 is 5.73 Å². The van der Waals surface area contributed by atoms with E-state index in [1.165, 1.54) is 5.57 Å². The molecule has 0 aliphatic heterocycles. The van der Waals surface area contributed by atoms with Gasteiger partial charge in [-0.2, -0.15) is 0 Å². The molecule has 0 amide bonds. The number of para-hydroxylation sites is 1.